The van der Waals surface area contributed by atoms with E-state index in [1.807, 2.05) is 258 Å². The molecule has 0 spiro atoms. The van der Waals surface area contributed by atoms with Crippen molar-refractivity contribution in [2.24, 2.45) is 0 Å². The number of aromatic nitrogens is 10. The van der Waals surface area contributed by atoms with Crippen LogP contribution in [0.25, 0.3) is 167 Å². The summed E-state index contributed by atoms with van der Waals surface area (Å²) in [5.41, 5.74) is 26.4. The van der Waals surface area contributed by atoms with Crippen LogP contribution in [0.1, 0.15) is 76.5 Å². The Labute approximate surface area is 875 Å². The largest absolute Gasteiger partial charge is 0.501 e. The summed E-state index contributed by atoms with van der Waals surface area (Å²) in [5.74, 6) is 0. The standard InChI is InChI=1S/2C18H13N2O.C18H12NO.C18H14N.4C12H10N.4Ir/c1-11-6-9-16(19-10-11)15-5-3-4-13-14-8-7-12(2)20-18(14)21-17(13)15;1-11-8-9-19-16(10-11)15-5-3-4-13-14-7-6-12(2)20-18(14)21-17(13)15;1-12-9-10-16(19-11-12)15-7-4-6-14-13-5-2-3-8-17(13)20-18(14)15;1-14-12-18(16-10-6-3-7-11-16)19-13-17(14)15-8-4-2-5-9-15;4*1-10-7-8-12(13-9-10)11-5-3-2-4-6-11;;;;/h2*3-4,6-10H,1-2H3;2-6,8-11H,1H3;2-10,12-13H,1H3;4*2-5,7-9H,1H3;;;;/q8*-1;;;;/i1D3;;1D3;;3*1D3;;;;;. The molecule has 23 aromatic rings. The molecule has 137 heavy (non-hydrogen) atoms. The van der Waals surface area contributed by atoms with Gasteiger partial charge in [-0.05, 0) is 195 Å². The van der Waals surface area contributed by atoms with Gasteiger partial charge in [0.15, 0.2) is 0 Å². The maximum absolute atomic E-state index is 7.43. The van der Waals surface area contributed by atoms with Crippen molar-refractivity contribution in [1.82, 2.24) is 49.8 Å². The van der Waals surface area contributed by atoms with Gasteiger partial charge in [-0.25, -0.2) is 9.97 Å². The molecular formula is C120H92Ir4N10O3-8. The van der Waals surface area contributed by atoms with Gasteiger partial charge in [0.25, 0.3) is 0 Å². The number of furan rings is 3. The maximum Gasteiger partial charge on any atom is 0.216 e. The topological polar surface area (TPSA) is 168 Å². The second kappa shape index (κ2) is 49.8. The third-order valence-electron chi connectivity index (χ3n) is 20.7. The maximum atomic E-state index is 7.43. The summed E-state index contributed by atoms with van der Waals surface area (Å²) < 4.78 is 128. The number of benzene rings is 10. The van der Waals surface area contributed by atoms with Gasteiger partial charge in [-0.15, -0.1) is 234 Å². The second-order valence-corrected chi connectivity index (χ2v) is 30.4. The Morgan fingerprint density at radius 3 is 0.949 bits per heavy atom. The first-order valence-electron chi connectivity index (χ1n) is 49.9. The smallest absolute Gasteiger partial charge is 0.216 e. The molecule has 10 aromatic carbocycles. The minimum absolute atomic E-state index is 0. The van der Waals surface area contributed by atoms with Gasteiger partial charge in [-0.1, -0.05) is 172 Å². The van der Waals surface area contributed by atoms with Crippen LogP contribution in [-0.2, 0) is 80.4 Å². The summed E-state index contributed by atoms with van der Waals surface area (Å²) in [7, 11) is 0. The Morgan fingerprint density at radius 2 is 0.584 bits per heavy atom. The number of hydrogen-bond donors (Lipinski definition) is 0. The number of para-hydroxylation sites is 1. The molecule has 0 unspecified atom stereocenters. The quantitative estimate of drug-likeness (QED) is 0.125. The van der Waals surface area contributed by atoms with Gasteiger partial charge in [-0.3, -0.25) is 0 Å². The molecule has 0 atom stereocenters. The zero-order valence-corrected chi connectivity index (χ0v) is 83.9. The van der Waals surface area contributed by atoms with E-state index in [1.54, 1.807) is 78.9 Å². The van der Waals surface area contributed by atoms with Crippen LogP contribution in [0.4, 0.5) is 0 Å². The average molecular weight is 2510 g/mol. The van der Waals surface area contributed by atoms with Crippen LogP contribution >= 0.6 is 0 Å². The van der Waals surface area contributed by atoms with Gasteiger partial charge in [0.2, 0.25) is 11.4 Å². The van der Waals surface area contributed by atoms with Crippen molar-refractivity contribution in [3.63, 3.8) is 0 Å². The summed E-state index contributed by atoms with van der Waals surface area (Å²) in [5, 5.41) is 5.99. The van der Waals surface area contributed by atoms with E-state index in [1.165, 1.54) is 53.2 Å². The summed E-state index contributed by atoms with van der Waals surface area (Å²) in [6.45, 7) is -0.514. The van der Waals surface area contributed by atoms with Crippen molar-refractivity contribution in [1.29, 1.82) is 0 Å². The van der Waals surface area contributed by atoms with Gasteiger partial charge in [-0.2, -0.15) is 0 Å². The molecule has 0 fully saturated rings. The molecule has 0 aliphatic heterocycles. The molecule has 13 nitrogen and oxygen atoms in total. The third-order valence-corrected chi connectivity index (χ3v) is 20.7. The zero-order valence-electron chi connectivity index (χ0n) is 89.3. The first-order chi connectivity index (χ1) is 71.1. The van der Waals surface area contributed by atoms with Gasteiger partial charge < -0.3 is 53.1 Å². The monoisotopic (exact) mass is 2510 g/mol. The Kier molecular flexibility index (Phi) is 29.9. The summed E-state index contributed by atoms with van der Waals surface area (Å²) in [6, 6.07) is 127. The second-order valence-electron chi connectivity index (χ2n) is 30.4. The molecule has 0 saturated heterocycles. The molecule has 4 radical (unpaired) electrons. The van der Waals surface area contributed by atoms with Crippen molar-refractivity contribution < 1.29 is 114 Å². The molecule has 0 bridgehead atoms. The molecular weight excluding hydrogens is 2400 g/mol. The van der Waals surface area contributed by atoms with Crippen LogP contribution in [0.3, 0.4) is 0 Å². The van der Waals surface area contributed by atoms with Gasteiger partial charge in [0, 0.05) is 184 Å². The number of fused-ring (bicyclic) bond motifs is 9. The molecule has 13 aromatic heterocycles. The number of aryl methyl sites for hydroxylation is 10. The van der Waals surface area contributed by atoms with Crippen LogP contribution in [-0.4, -0.2) is 49.8 Å². The molecule has 0 N–H and O–H groups in total. The molecule has 0 saturated carbocycles. The van der Waals surface area contributed by atoms with Gasteiger partial charge >= 0.3 is 0 Å². The summed E-state index contributed by atoms with van der Waals surface area (Å²) in [4.78, 5) is 43.1. The molecule has 0 aliphatic rings. The van der Waals surface area contributed by atoms with E-state index in [-0.39, 0.29) is 108 Å². The van der Waals surface area contributed by atoms with Crippen molar-refractivity contribution >= 4 is 66.1 Å². The molecule has 23 rings (SSSR count). The van der Waals surface area contributed by atoms with E-state index in [4.69, 9.17) is 33.8 Å². The first kappa shape index (κ1) is 82.2. The van der Waals surface area contributed by atoms with Gasteiger partial charge in [0.05, 0.1) is 16.7 Å². The fourth-order valence-corrected chi connectivity index (χ4v) is 14.1. The Morgan fingerprint density at radius 1 is 0.241 bits per heavy atom. The Bertz CT molecular complexity index is 8170. The van der Waals surface area contributed by atoms with E-state index in [0.717, 1.165) is 134 Å². The summed E-state index contributed by atoms with van der Waals surface area (Å²) in [6.07, 6.45) is 12.6. The number of pyridine rings is 10. The molecule has 684 valence electrons. The van der Waals surface area contributed by atoms with Crippen LogP contribution in [0.15, 0.2) is 390 Å². The number of nitrogens with zero attached hydrogens (tertiary/aromatic N) is 10. The fourth-order valence-electron chi connectivity index (χ4n) is 14.1. The predicted molar refractivity (Wildman–Crippen MR) is 538 cm³/mol. The van der Waals surface area contributed by atoms with Crippen LogP contribution in [0.2, 0.25) is 0 Å². The minimum atomic E-state index is -2.16. The average Bonchev–Trinajstić information content (AvgIpc) is 1.62. The molecule has 0 amide bonds. The third kappa shape index (κ3) is 26.7. The van der Waals surface area contributed by atoms with Crippen molar-refractivity contribution in [2.75, 3.05) is 0 Å². The fraction of sp³-hybridized carbons (Fsp3) is 0.0833. The van der Waals surface area contributed by atoms with Crippen molar-refractivity contribution in [3.8, 4) is 101 Å². The summed E-state index contributed by atoms with van der Waals surface area (Å²) >= 11 is 0. The normalized spacial score (nSPS) is 12.4. The number of hydrogen-bond acceptors (Lipinski definition) is 13. The van der Waals surface area contributed by atoms with Gasteiger partial charge in [0.1, 0.15) is 5.58 Å². The molecule has 13 heterocycles. The van der Waals surface area contributed by atoms with Crippen LogP contribution in [0, 0.1) is 117 Å². The van der Waals surface area contributed by atoms with Crippen LogP contribution in [0.5, 0.6) is 0 Å². The van der Waals surface area contributed by atoms with E-state index in [0.29, 0.717) is 39.5 Å². The van der Waals surface area contributed by atoms with E-state index < -0.39 is 34.3 Å². The van der Waals surface area contributed by atoms with Crippen molar-refractivity contribution in [2.45, 2.75) is 68.9 Å². The Balaban J connectivity index is 0.000000154. The minimum Gasteiger partial charge on any atom is -0.501 e. The van der Waals surface area contributed by atoms with E-state index in [9.17, 15) is 0 Å². The number of rotatable bonds is 9. The van der Waals surface area contributed by atoms with E-state index >= 15 is 0 Å². The predicted octanol–water partition coefficient (Wildman–Crippen LogP) is 29.6. The zero-order chi connectivity index (χ0) is 104. The van der Waals surface area contributed by atoms with E-state index in [2.05, 4.69) is 143 Å². The first-order valence-corrected chi connectivity index (χ1v) is 42.4. The Hall–Kier alpha value is -14.3. The SMILES string of the molecule is Cc1cc(-c2[c-]cccc2)ncc1-c1ccccc1.Cc1ccc(-c2[c-]cccc2)nc1.Cc1ccnc(-c2[c-]ccc3c2oc2nc(C)ccc23)c1.[2H]C([2H])([2H])c1ccc(-c2[c-]ccc3c2oc2ccccc23)nc1.[2H]C([2H])([2H])c1ccc(-c2[c-]ccc3c2oc2nc(C)ccc23)nc1.[2H]C([2H])([2H])c1ccc(-c2[c-]cccc2)nc1.[2H]C([2H])([2H])c1ccc(-c2[c-]cccc2)nc1.[2H]C([2H])([2H])c1ccc(-c2[c-]cccc2)nc1.[Ir].[Ir].[Ir].[Ir]. The van der Waals surface area contributed by atoms with Crippen molar-refractivity contribution in [3.05, 3.63) is 482 Å². The molecule has 17 heteroatoms. The van der Waals surface area contributed by atoms with Crippen LogP contribution < -0.4 is 0 Å². The molecule has 0 aliphatic carbocycles.